The Kier molecular flexibility index (Phi) is 8.34. The molecular formula is C13H26O2S. The fourth-order valence-electron chi connectivity index (χ4n) is 2.66. The predicted octanol–water partition coefficient (Wildman–Crippen LogP) is 3.94. The molecule has 0 aromatic heterocycles. The number of hydrogen-bond donors (Lipinski definition) is 2. The van der Waals surface area contributed by atoms with E-state index in [-0.39, 0.29) is 0 Å². The molecule has 0 aliphatic heterocycles. The van der Waals surface area contributed by atoms with E-state index in [1.165, 1.54) is 51.4 Å². The van der Waals surface area contributed by atoms with Gasteiger partial charge in [0.2, 0.25) is 0 Å². The molecule has 0 aromatic carbocycles. The summed E-state index contributed by atoms with van der Waals surface area (Å²) in [5, 5.41) is 9.05. The molecule has 0 bridgehead atoms. The van der Waals surface area contributed by atoms with Gasteiger partial charge in [0.25, 0.3) is 0 Å². The van der Waals surface area contributed by atoms with Crippen LogP contribution >= 0.6 is 12.0 Å². The van der Waals surface area contributed by atoms with Crippen LogP contribution in [0.25, 0.3) is 0 Å². The van der Waals surface area contributed by atoms with Crippen LogP contribution in [0.4, 0.5) is 0 Å². The monoisotopic (exact) mass is 246 g/mol. The minimum atomic E-state index is 0.394. The molecule has 3 heteroatoms. The molecule has 0 unspecified atom stereocenters. The number of rotatable bonds is 8. The molecule has 0 spiro atoms. The van der Waals surface area contributed by atoms with Crippen LogP contribution in [-0.2, 0) is 0 Å². The van der Waals surface area contributed by atoms with Crippen molar-refractivity contribution in [2.24, 2.45) is 11.8 Å². The largest absolute Gasteiger partial charge is 0.396 e. The standard InChI is InChI=1S/C13H26O2S/c14-11-13-8-6-12(7-9-13)5-3-1-2-4-10-16-15/h12-15H,1-11H2. The lowest BCUT2D eigenvalue weighted by Crippen LogP contribution is -2.17. The molecule has 0 amide bonds. The van der Waals surface area contributed by atoms with Gasteiger partial charge in [-0.3, -0.25) is 0 Å². The molecule has 1 aliphatic rings. The van der Waals surface area contributed by atoms with Crippen LogP contribution in [0.2, 0.25) is 0 Å². The first-order chi connectivity index (χ1) is 7.86. The number of aliphatic hydroxyl groups excluding tert-OH is 1. The van der Waals surface area contributed by atoms with Crippen LogP contribution in [0.15, 0.2) is 0 Å². The molecular weight excluding hydrogens is 220 g/mol. The van der Waals surface area contributed by atoms with Crippen molar-refractivity contribution in [3.05, 3.63) is 0 Å². The van der Waals surface area contributed by atoms with Crippen LogP contribution in [0, 0.1) is 11.8 Å². The lowest BCUT2D eigenvalue weighted by atomic mass is 9.80. The number of hydrogen-bond acceptors (Lipinski definition) is 3. The summed E-state index contributed by atoms with van der Waals surface area (Å²) in [4.78, 5) is 0. The summed E-state index contributed by atoms with van der Waals surface area (Å²) in [6.07, 6.45) is 11.6. The quantitative estimate of drug-likeness (QED) is 0.503. The summed E-state index contributed by atoms with van der Waals surface area (Å²) in [6, 6.07) is 0. The third-order valence-electron chi connectivity index (χ3n) is 3.82. The molecule has 0 heterocycles. The zero-order valence-electron chi connectivity index (χ0n) is 10.2. The minimum Gasteiger partial charge on any atom is -0.396 e. The summed E-state index contributed by atoms with van der Waals surface area (Å²) in [7, 11) is 0. The van der Waals surface area contributed by atoms with Gasteiger partial charge in [0.1, 0.15) is 0 Å². The van der Waals surface area contributed by atoms with Gasteiger partial charge >= 0.3 is 0 Å². The number of unbranched alkanes of at least 4 members (excludes halogenated alkanes) is 3. The zero-order chi connectivity index (χ0) is 11.6. The molecule has 2 nitrogen and oxygen atoms in total. The van der Waals surface area contributed by atoms with Gasteiger partial charge in [-0.05, 0) is 43.1 Å². The summed E-state index contributed by atoms with van der Waals surface area (Å²) in [5.74, 6) is 2.41. The smallest absolute Gasteiger partial charge is 0.0459 e. The normalized spacial score (nSPS) is 25.9. The topological polar surface area (TPSA) is 40.5 Å². The highest BCUT2D eigenvalue weighted by atomic mass is 32.2. The van der Waals surface area contributed by atoms with E-state index >= 15 is 0 Å². The summed E-state index contributed by atoms with van der Waals surface area (Å²) >= 11 is 0.967. The van der Waals surface area contributed by atoms with E-state index in [4.69, 9.17) is 9.66 Å². The van der Waals surface area contributed by atoms with Crippen molar-refractivity contribution in [1.82, 2.24) is 0 Å². The molecule has 1 rings (SSSR count). The summed E-state index contributed by atoms with van der Waals surface area (Å²) < 4.78 is 8.57. The lowest BCUT2D eigenvalue weighted by molar-refractivity contribution is 0.163. The second-order valence-corrected chi connectivity index (χ2v) is 5.77. The first-order valence-corrected chi connectivity index (χ1v) is 7.68. The lowest BCUT2D eigenvalue weighted by Gasteiger charge is -2.27. The number of aliphatic hydroxyl groups is 1. The fourth-order valence-corrected chi connectivity index (χ4v) is 2.99. The van der Waals surface area contributed by atoms with E-state index < -0.39 is 0 Å². The van der Waals surface area contributed by atoms with Crippen LogP contribution in [-0.4, -0.2) is 22.0 Å². The van der Waals surface area contributed by atoms with E-state index in [0.717, 1.165) is 30.1 Å². The average Bonchev–Trinajstić information content (AvgIpc) is 2.34. The average molecular weight is 246 g/mol. The third-order valence-corrected chi connectivity index (χ3v) is 4.29. The maximum absolute atomic E-state index is 9.05. The summed E-state index contributed by atoms with van der Waals surface area (Å²) in [5.41, 5.74) is 0. The maximum atomic E-state index is 9.05. The van der Waals surface area contributed by atoms with Crippen LogP contribution in [0.5, 0.6) is 0 Å². The second-order valence-electron chi connectivity index (χ2n) is 5.11. The minimum absolute atomic E-state index is 0.394. The van der Waals surface area contributed by atoms with Gasteiger partial charge in [-0.2, -0.15) is 0 Å². The predicted molar refractivity (Wildman–Crippen MR) is 70.7 cm³/mol. The van der Waals surface area contributed by atoms with Crippen LogP contribution in [0.1, 0.15) is 57.8 Å². The Hall–Kier alpha value is 0.270. The molecule has 96 valence electrons. The van der Waals surface area contributed by atoms with Crippen LogP contribution < -0.4 is 0 Å². The Morgan fingerprint density at radius 1 is 0.875 bits per heavy atom. The Bertz CT molecular complexity index is 156. The Morgan fingerprint density at radius 2 is 1.50 bits per heavy atom. The van der Waals surface area contributed by atoms with Crippen molar-refractivity contribution < 1.29 is 9.66 Å². The van der Waals surface area contributed by atoms with Gasteiger partial charge in [-0.1, -0.05) is 38.5 Å². The first-order valence-electron chi connectivity index (χ1n) is 6.74. The highest BCUT2D eigenvalue weighted by Gasteiger charge is 2.19. The highest BCUT2D eigenvalue weighted by Crippen LogP contribution is 2.31. The van der Waals surface area contributed by atoms with E-state index in [1.807, 2.05) is 0 Å². The van der Waals surface area contributed by atoms with Crippen molar-refractivity contribution in [3.8, 4) is 0 Å². The van der Waals surface area contributed by atoms with E-state index in [0.29, 0.717) is 12.5 Å². The van der Waals surface area contributed by atoms with Crippen LogP contribution in [0.3, 0.4) is 0 Å². The van der Waals surface area contributed by atoms with Gasteiger partial charge in [0.15, 0.2) is 0 Å². The molecule has 1 saturated carbocycles. The van der Waals surface area contributed by atoms with Gasteiger partial charge in [0, 0.05) is 12.4 Å². The molecule has 1 aliphatic carbocycles. The second kappa shape index (κ2) is 9.32. The van der Waals surface area contributed by atoms with E-state index in [1.54, 1.807) is 0 Å². The molecule has 2 N–H and O–H groups in total. The Labute approximate surface area is 104 Å². The highest BCUT2D eigenvalue weighted by molar-refractivity contribution is 7.93. The Morgan fingerprint density at radius 3 is 2.12 bits per heavy atom. The summed E-state index contributed by atoms with van der Waals surface area (Å²) in [6.45, 7) is 0.394. The van der Waals surface area contributed by atoms with Gasteiger partial charge in [-0.25, -0.2) is 0 Å². The van der Waals surface area contributed by atoms with Crippen molar-refractivity contribution in [1.29, 1.82) is 0 Å². The van der Waals surface area contributed by atoms with Crippen molar-refractivity contribution >= 4 is 12.0 Å². The van der Waals surface area contributed by atoms with Crippen molar-refractivity contribution in [2.45, 2.75) is 57.8 Å². The molecule has 16 heavy (non-hydrogen) atoms. The zero-order valence-corrected chi connectivity index (χ0v) is 11.1. The van der Waals surface area contributed by atoms with Crippen molar-refractivity contribution in [3.63, 3.8) is 0 Å². The Balaban J connectivity index is 1.90. The van der Waals surface area contributed by atoms with Gasteiger partial charge in [-0.15, -0.1) is 0 Å². The molecule has 0 atom stereocenters. The van der Waals surface area contributed by atoms with Crippen molar-refractivity contribution in [2.75, 3.05) is 12.4 Å². The maximum Gasteiger partial charge on any atom is 0.0459 e. The fraction of sp³-hybridized carbons (Fsp3) is 1.00. The molecule has 1 fully saturated rings. The first kappa shape index (κ1) is 14.3. The van der Waals surface area contributed by atoms with E-state index in [2.05, 4.69) is 0 Å². The van der Waals surface area contributed by atoms with Gasteiger partial charge in [0.05, 0.1) is 0 Å². The molecule has 0 radical (unpaired) electrons. The molecule has 0 aromatic rings. The third kappa shape index (κ3) is 6.12. The van der Waals surface area contributed by atoms with E-state index in [9.17, 15) is 0 Å². The van der Waals surface area contributed by atoms with Gasteiger partial charge < -0.3 is 9.66 Å². The SMILES string of the molecule is OCC1CCC(CCCCCCSO)CC1. The molecule has 0 saturated heterocycles.